The van der Waals surface area contributed by atoms with Gasteiger partial charge in [0, 0.05) is 12.1 Å². The second kappa shape index (κ2) is 6.30. The van der Waals surface area contributed by atoms with Crippen LogP contribution < -0.4 is 5.32 Å². The summed E-state index contributed by atoms with van der Waals surface area (Å²) < 4.78 is 12.8. The predicted octanol–water partition coefficient (Wildman–Crippen LogP) is 2.65. The Balaban J connectivity index is 1.84. The van der Waals surface area contributed by atoms with Crippen LogP contribution in [0, 0.1) is 5.82 Å². The number of aliphatic hydroxyl groups excluding tert-OH is 1. The molecule has 0 spiro atoms. The highest BCUT2D eigenvalue weighted by Crippen LogP contribution is 2.19. The first-order valence-electron chi connectivity index (χ1n) is 6.83. The predicted molar refractivity (Wildman–Crippen MR) is 71.0 cm³/mol. The molecule has 18 heavy (non-hydrogen) atoms. The Morgan fingerprint density at radius 3 is 2.61 bits per heavy atom. The van der Waals surface area contributed by atoms with E-state index in [0.29, 0.717) is 6.04 Å². The molecule has 100 valence electrons. The van der Waals surface area contributed by atoms with Crippen molar-refractivity contribution in [2.24, 2.45) is 0 Å². The molecule has 3 atom stereocenters. The van der Waals surface area contributed by atoms with Crippen LogP contribution in [-0.4, -0.2) is 23.3 Å². The number of hydrogen-bond acceptors (Lipinski definition) is 2. The van der Waals surface area contributed by atoms with Crippen LogP contribution in [-0.2, 0) is 6.42 Å². The summed E-state index contributed by atoms with van der Waals surface area (Å²) in [7, 11) is 0. The molecule has 2 N–H and O–H groups in total. The molecule has 1 aliphatic carbocycles. The van der Waals surface area contributed by atoms with E-state index in [0.717, 1.165) is 31.2 Å². The first-order valence-corrected chi connectivity index (χ1v) is 6.83. The molecule has 0 radical (unpaired) electrons. The minimum absolute atomic E-state index is 0.193. The maximum absolute atomic E-state index is 12.8. The summed E-state index contributed by atoms with van der Waals surface area (Å²) in [5.41, 5.74) is 1.13. The molecule has 1 aromatic rings. The van der Waals surface area contributed by atoms with Crippen molar-refractivity contribution in [3.63, 3.8) is 0 Å². The van der Waals surface area contributed by atoms with Gasteiger partial charge in [-0.1, -0.05) is 25.0 Å². The van der Waals surface area contributed by atoms with Gasteiger partial charge < -0.3 is 10.4 Å². The summed E-state index contributed by atoms with van der Waals surface area (Å²) in [4.78, 5) is 0. The van der Waals surface area contributed by atoms with Crippen molar-refractivity contribution in [3.8, 4) is 0 Å². The van der Waals surface area contributed by atoms with E-state index < -0.39 is 0 Å². The lowest BCUT2D eigenvalue weighted by Crippen LogP contribution is -2.46. The SMILES string of the molecule is CC(Cc1ccc(F)cc1)NC1CCCCC1O. The van der Waals surface area contributed by atoms with Gasteiger partial charge in [0.15, 0.2) is 0 Å². The van der Waals surface area contributed by atoms with Gasteiger partial charge >= 0.3 is 0 Å². The zero-order valence-corrected chi connectivity index (χ0v) is 10.9. The number of nitrogens with one attached hydrogen (secondary N) is 1. The standard InChI is InChI=1S/C15H22FNO/c1-11(10-12-6-8-13(16)9-7-12)17-14-4-2-3-5-15(14)18/h6-9,11,14-15,17-18H,2-5,10H2,1H3. The Morgan fingerprint density at radius 2 is 1.94 bits per heavy atom. The van der Waals surface area contributed by atoms with Crippen molar-refractivity contribution in [2.45, 2.75) is 57.2 Å². The molecule has 0 heterocycles. The summed E-state index contributed by atoms with van der Waals surface area (Å²) in [6.45, 7) is 2.12. The van der Waals surface area contributed by atoms with Crippen molar-refractivity contribution < 1.29 is 9.50 Å². The monoisotopic (exact) mass is 251 g/mol. The fourth-order valence-corrected chi connectivity index (χ4v) is 2.70. The summed E-state index contributed by atoms with van der Waals surface area (Å²) in [6, 6.07) is 7.16. The maximum Gasteiger partial charge on any atom is 0.123 e. The van der Waals surface area contributed by atoms with Crippen LogP contribution in [0.2, 0.25) is 0 Å². The summed E-state index contributed by atoms with van der Waals surface area (Å²) >= 11 is 0. The van der Waals surface area contributed by atoms with Crippen molar-refractivity contribution in [1.29, 1.82) is 0 Å². The molecule has 0 saturated heterocycles. The third-order valence-corrected chi connectivity index (χ3v) is 3.68. The summed E-state index contributed by atoms with van der Waals surface area (Å²) in [6.07, 6.45) is 4.93. The van der Waals surface area contributed by atoms with Gasteiger partial charge in [-0.15, -0.1) is 0 Å². The number of aliphatic hydroxyl groups is 1. The van der Waals surface area contributed by atoms with Crippen LogP contribution in [0.3, 0.4) is 0 Å². The highest BCUT2D eigenvalue weighted by Gasteiger charge is 2.23. The van der Waals surface area contributed by atoms with Crippen molar-refractivity contribution in [2.75, 3.05) is 0 Å². The molecule has 1 aliphatic rings. The van der Waals surface area contributed by atoms with E-state index in [4.69, 9.17) is 0 Å². The van der Waals surface area contributed by atoms with E-state index in [-0.39, 0.29) is 18.0 Å². The summed E-state index contributed by atoms with van der Waals surface area (Å²) in [5.74, 6) is -0.193. The number of benzene rings is 1. The molecule has 3 heteroatoms. The first kappa shape index (κ1) is 13.5. The molecule has 0 bridgehead atoms. The fraction of sp³-hybridized carbons (Fsp3) is 0.600. The number of halogens is 1. The third-order valence-electron chi connectivity index (χ3n) is 3.68. The summed E-state index contributed by atoms with van der Waals surface area (Å²) in [5, 5.41) is 13.4. The van der Waals surface area contributed by atoms with Crippen LogP contribution >= 0.6 is 0 Å². The van der Waals surface area contributed by atoms with Crippen LogP contribution in [0.5, 0.6) is 0 Å². The smallest absolute Gasteiger partial charge is 0.123 e. The van der Waals surface area contributed by atoms with E-state index in [1.165, 1.54) is 18.6 Å². The van der Waals surface area contributed by atoms with E-state index in [1.807, 2.05) is 12.1 Å². The highest BCUT2D eigenvalue weighted by molar-refractivity contribution is 5.17. The van der Waals surface area contributed by atoms with Gasteiger partial charge in [-0.25, -0.2) is 4.39 Å². The topological polar surface area (TPSA) is 32.3 Å². The Hall–Kier alpha value is -0.930. The lowest BCUT2D eigenvalue weighted by molar-refractivity contribution is 0.0859. The molecule has 1 aromatic carbocycles. The minimum Gasteiger partial charge on any atom is -0.392 e. The maximum atomic E-state index is 12.8. The van der Waals surface area contributed by atoms with Crippen molar-refractivity contribution >= 4 is 0 Å². The average molecular weight is 251 g/mol. The average Bonchev–Trinajstić information content (AvgIpc) is 2.35. The van der Waals surface area contributed by atoms with E-state index >= 15 is 0 Å². The molecule has 2 rings (SSSR count). The number of hydrogen-bond donors (Lipinski definition) is 2. The first-order chi connectivity index (χ1) is 8.65. The molecule has 1 fully saturated rings. The Kier molecular flexibility index (Phi) is 4.72. The van der Waals surface area contributed by atoms with Gasteiger partial charge in [-0.05, 0) is 43.9 Å². The van der Waals surface area contributed by atoms with Gasteiger partial charge in [-0.3, -0.25) is 0 Å². The third kappa shape index (κ3) is 3.79. The van der Waals surface area contributed by atoms with Gasteiger partial charge in [0.05, 0.1) is 6.10 Å². The highest BCUT2D eigenvalue weighted by atomic mass is 19.1. The van der Waals surface area contributed by atoms with Crippen molar-refractivity contribution in [1.82, 2.24) is 5.32 Å². The van der Waals surface area contributed by atoms with Crippen molar-refractivity contribution in [3.05, 3.63) is 35.6 Å². The van der Waals surface area contributed by atoms with E-state index in [2.05, 4.69) is 12.2 Å². The normalized spacial score (nSPS) is 25.9. The largest absolute Gasteiger partial charge is 0.392 e. The Bertz CT molecular complexity index is 365. The lowest BCUT2D eigenvalue weighted by atomic mass is 9.91. The molecule has 0 aromatic heterocycles. The van der Waals surface area contributed by atoms with Gasteiger partial charge in [-0.2, -0.15) is 0 Å². The zero-order valence-electron chi connectivity index (χ0n) is 10.9. The van der Waals surface area contributed by atoms with E-state index in [1.54, 1.807) is 0 Å². The molecule has 1 saturated carbocycles. The molecular formula is C15H22FNO. The minimum atomic E-state index is -0.214. The van der Waals surface area contributed by atoms with E-state index in [9.17, 15) is 9.50 Å². The molecule has 2 nitrogen and oxygen atoms in total. The van der Waals surface area contributed by atoms with Crippen LogP contribution in [0.4, 0.5) is 4.39 Å². The van der Waals surface area contributed by atoms with Gasteiger partial charge in [0.2, 0.25) is 0 Å². The molecule has 3 unspecified atom stereocenters. The molecule has 0 amide bonds. The van der Waals surface area contributed by atoms with Gasteiger partial charge in [0.25, 0.3) is 0 Å². The lowest BCUT2D eigenvalue weighted by Gasteiger charge is -2.31. The molecular weight excluding hydrogens is 229 g/mol. The van der Waals surface area contributed by atoms with Crippen LogP contribution in [0.25, 0.3) is 0 Å². The Labute approximate surface area is 108 Å². The quantitative estimate of drug-likeness (QED) is 0.862. The second-order valence-corrected chi connectivity index (χ2v) is 5.36. The molecule has 0 aliphatic heterocycles. The second-order valence-electron chi connectivity index (χ2n) is 5.36. The fourth-order valence-electron chi connectivity index (χ4n) is 2.70. The van der Waals surface area contributed by atoms with Crippen LogP contribution in [0.15, 0.2) is 24.3 Å². The van der Waals surface area contributed by atoms with Gasteiger partial charge in [0.1, 0.15) is 5.82 Å². The zero-order chi connectivity index (χ0) is 13.0. The Morgan fingerprint density at radius 1 is 1.28 bits per heavy atom. The number of rotatable bonds is 4. The van der Waals surface area contributed by atoms with Crippen LogP contribution in [0.1, 0.15) is 38.2 Å².